The highest BCUT2D eigenvalue weighted by atomic mass is 32.1. The molecule has 1 unspecified atom stereocenters. The molecule has 1 aromatic rings. The Bertz CT molecular complexity index is 382. The molecule has 1 aromatic heterocycles. The topological polar surface area (TPSA) is 70.4 Å². The molecular weight excluding hydrogens is 214 g/mol. The average Bonchev–Trinajstić information content (AvgIpc) is 2.88. The number of thiazole rings is 1. The van der Waals surface area contributed by atoms with E-state index in [9.17, 15) is 9.90 Å². The van der Waals surface area contributed by atoms with Gasteiger partial charge in [-0.1, -0.05) is 0 Å². The molecule has 4 nitrogen and oxygen atoms in total. The molecule has 1 fully saturated rings. The molecule has 0 spiro atoms. The fourth-order valence-electron chi connectivity index (χ4n) is 1.35. The number of nitrogens with zero attached hydrogens (tertiary/aromatic N) is 1. The summed E-state index contributed by atoms with van der Waals surface area (Å²) in [6.45, 7) is 1.30. The average molecular weight is 227 g/mol. The van der Waals surface area contributed by atoms with Crippen LogP contribution in [0.2, 0.25) is 0 Å². The van der Waals surface area contributed by atoms with Crippen LogP contribution in [0, 0.1) is 0 Å². The van der Waals surface area contributed by atoms with Crippen molar-refractivity contribution in [1.29, 1.82) is 0 Å². The lowest BCUT2D eigenvalue weighted by Gasteiger charge is -2.15. The van der Waals surface area contributed by atoms with E-state index in [2.05, 4.69) is 4.98 Å². The van der Waals surface area contributed by atoms with Crippen LogP contribution < -0.4 is 0 Å². The van der Waals surface area contributed by atoms with Crippen LogP contribution in [0.25, 0.3) is 0 Å². The summed E-state index contributed by atoms with van der Waals surface area (Å²) in [6.07, 6.45) is 2.44. The van der Waals surface area contributed by atoms with E-state index in [1.165, 1.54) is 19.8 Å². The molecule has 0 saturated heterocycles. The van der Waals surface area contributed by atoms with Gasteiger partial charge in [0.2, 0.25) is 0 Å². The summed E-state index contributed by atoms with van der Waals surface area (Å²) in [5, 5.41) is 21.2. The zero-order valence-electron chi connectivity index (χ0n) is 8.43. The van der Waals surface area contributed by atoms with Gasteiger partial charge in [0.1, 0.15) is 0 Å². The maximum Gasteiger partial charge on any atom is 0.335 e. The minimum Gasteiger partial charge on any atom is -0.479 e. The van der Waals surface area contributed by atoms with Crippen LogP contribution in [-0.4, -0.2) is 26.8 Å². The lowest BCUT2D eigenvalue weighted by atomic mass is 10.0. The van der Waals surface area contributed by atoms with Gasteiger partial charge in [-0.15, -0.1) is 11.3 Å². The minimum atomic E-state index is -1.71. The maximum absolute atomic E-state index is 10.7. The van der Waals surface area contributed by atoms with Crippen LogP contribution in [0.5, 0.6) is 0 Å². The standard InChI is InChI=1S/C10H13NO3S/c1-10(14,9(12)13)4-7-5-15-8(11-7)6-2-3-6/h5-6,14H,2-4H2,1H3,(H,12,13). The number of carboxylic acids is 1. The second-order valence-corrected chi connectivity index (χ2v) is 5.10. The van der Waals surface area contributed by atoms with Gasteiger partial charge in [-0.3, -0.25) is 0 Å². The molecule has 0 aliphatic heterocycles. The lowest BCUT2D eigenvalue weighted by molar-refractivity contribution is -0.156. The smallest absolute Gasteiger partial charge is 0.335 e. The van der Waals surface area contributed by atoms with E-state index in [0.29, 0.717) is 11.6 Å². The Labute approximate surface area is 91.6 Å². The first-order valence-electron chi connectivity index (χ1n) is 4.89. The fourth-order valence-corrected chi connectivity index (χ4v) is 2.34. The van der Waals surface area contributed by atoms with Crippen molar-refractivity contribution in [2.45, 2.75) is 37.7 Å². The fraction of sp³-hybridized carbons (Fsp3) is 0.600. The van der Waals surface area contributed by atoms with Gasteiger partial charge >= 0.3 is 5.97 Å². The minimum absolute atomic E-state index is 0.0750. The summed E-state index contributed by atoms with van der Waals surface area (Å²) in [7, 11) is 0. The number of aliphatic carboxylic acids is 1. The van der Waals surface area contributed by atoms with Crippen LogP contribution in [0.1, 0.15) is 36.4 Å². The summed E-state index contributed by atoms with van der Waals surface area (Å²) in [5.74, 6) is -0.623. The molecule has 0 radical (unpaired) electrons. The van der Waals surface area contributed by atoms with Gasteiger partial charge in [0.25, 0.3) is 0 Å². The highest BCUT2D eigenvalue weighted by Crippen LogP contribution is 2.41. The number of hydrogen-bond donors (Lipinski definition) is 2. The van der Waals surface area contributed by atoms with Crippen molar-refractivity contribution in [2.24, 2.45) is 0 Å². The largest absolute Gasteiger partial charge is 0.479 e. The van der Waals surface area contributed by atoms with Crippen LogP contribution in [0.4, 0.5) is 0 Å². The Hall–Kier alpha value is -0.940. The van der Waals surface area contributed by atoms with Gasteiger partial charge < -0.3 is 10.2 Å². The van der Waals surface area contributed by atoms with E-state index in [1.807, 2.05) is 5.38 Å². The highest BCUT2D eigenvalue weighted by molar-refractivity contribution is 7.09. The van der Waals surface area contributed by atoms with Crippen LogP contribution in [-0.2, 0) is 11.2 Å². The van der Waals surface area contributed by atoms with Crippen molar-refractivity contribution in [3.05, 3.63) is 16.1 Å². The number of aliphatic hydroxyl groups is 1. The summed E-state index contributed by atoms with van der Waals surface area (Å²) >= 11 is 1.56. The first kappa shape index (κ1) is 10.6. The Morgan fingerprint density at radius 3 is 2.93 bits per heavy atom. The van der Waals surface area contributed by atoms with E-state index >= 15 is 0 Å². The number of carboxylic acid groups (broad SMARTS) is 1. The van der Waals surface area contributed by atoms with Gasteiger partial charge in [0.15, 0.2) is 5.60 Å². The summed E-state index contributed by atoms with van der Waals surface area (Å²) in [5.41, 5.74) is -1.04. The predicted octanol–water partition coefficient (Wildman–Crippen LogP) is 1.40. The van der Waals surface area contributed by atoms with Crippen molar-refractivity contribution < 1.29 is 15.0 Å². The third kappa shape index (κ3) is 2.35. The molecule has 0 aromatic carbocycles. The van der Waals surface area contributed by atoms with Crippen molar-refractivity contribution in [1.82, 2.24) is 4.98 Å². The molecule has 15 heavy (non-hydrogen) atoms. The quantitative estimate of drug-likeness (QED) is 0.815. The molecule has 1 saturated carbocycles. The molecular formula is C10H13NO3S. The summed E-state index contributed by atoms with van der Waals surface area (Å²) < 4.78 is 0. The first-order valence-corrected chi connectivity index (χ1v) is 5.77. The number of carbonyl (C=O) groups is 1. The van der Waals surface area contributed by atoms with Crippen molar-refractivity contribution >= 4 is 17.3 Å². The molecule has 2 N–H and O–H groups in total. The molecule has 0 bridgehead atoms. The summed E-state index contributed by atoms with van der Waals surface area (Å²) in [6, 6.07) is 0. The van der Waals surface area contributed by atoms with E-state index in [0.717, 1.165) is 5.01 Å². The molecule has 1 atom stereocenters. The van der Waals surface area contributed by atoms with Crippen molar-refractivity contribution in [3.8, 4) is 0 Å². The van der Waals surface area contributed by atoms with Gasteiger partial charge in [0.05, 0.1) is 10.7 Å². The SMILES string of the molecule is CC(O)(Cc1csc(C2CC2)n1)C(=O)O. The van der Waals surface area contributed by atoms with Crippen LogP contribution in [0.15, 0.2) is 5.38 Å². The van der Waals surface area contributed by atoms with Gasteiger partial charge in [-0.05, 0) is 19.8 Å². The Morgan fingerprint density at radius 1 is 1.73 bits per heavy atom. The number of rotatable bonds is 4. The second kappa shape index (κ2) is 3.57. The molecule has 5 heteroatoms. The Balaban J connectivity index is 2.06. The zero-order valence-corrected chi connectivity index (χ0v) is 9.25. The Morgan fingerprint density at radius 2 is 2.40 bits per heavy atom. The molecule has 1 aliphatic rings. The lowest BCUT2D eigenvalue weighted by Crippen LogP contribution is -2.37. The maximum atomic E-state index is 10.7. The monoisotopic (exact) mass is 227 g/mol. The first-order chi connectivity index (χ1) is 6.99. The van der Waals surface area contributed by atoms with E-state index in [4.69, 9.17) is 5.11 Å². The van der Waals surface area contributed by atoms with Gasteiger partial charge in [-0.25, -0.2) is 9.78 Å². The third-order valence-electron chi connectivity index (χ3n) is 2.48. The number of aromatic nitrogens is 1. The number of hydrogen-bond acceptors (Lipinski definition) is 4. The van der Waals surface area contributed by atoms with E-state index < -0.39 is 11.6 Å². The molecule has 1 aliphatic carbocycles. The third-order valence-corrected chi connectivity index (χ3v) is 3.54. The van der Waals surface area contributed by atoms with E-state index in [1.54, 1.807) is 11.3 Å². The second-order valence-electron chi connectivity index (χ2n) is 4.21. The predicted molar refractivity (Wildman–Crippen MR) is 56.1 cm³/mol. The molecule has 0 amide bonds. The van der Waals surface area contributed by atoms with Crippen molar-refractivity contribution in [3.63, 3.8) is 0 Å². The van der Waals surface area contributed by atoms with Crippen molar-refractivity contribution in [2.75, 3.05) is 0 Å². The molecule has 82 valence electrons. The highest BCUT2D eigenvalue weighted by Gasteiger charge is 2.32. The molecule has 2 rings (SSSR count). The van der Waals surface area contributed by atoms with Gasteiger partial charge in [-0.2, -0.15) is 0 Å². The van der Waals surface area contributed by atoms with Crippen LogP contribution in [0.3, 0.4) is 0 Å². The van der Waals surface area contributed by atoms with E-state index in [-0.39, 0.29) is 6.42 Å². The molecule has 1 heterocycles. The van der Waals surface area contributed by atoms with Crippen LogP contribution >= 0.6 is 11.3 Å². The summed E-state index contributed by atoms with van der Waals surface area (Å²) in [4.78, 5) is 15.0. The zero-order chi connectivity index (χ0) is 11.1. The van der Waals surface area contributed by atoms with Gasteiger partial charge in [0, 0.05) is 17.7 Å². The Kier molecular flexibility index (Phi) is 2.52. The normalized spacial score (nSPS) is 19.9.